The van der Waals surface area contributed by atoms with E-state index in [9.17, 15) is 4.79 Å². The fourth-order valence-corrected chi connectivity index (χ4v) is 6.91. The molecule has 258 valence electrons. The molecule has 1 unspecified atom stereocenters. The molecule has 1 heterocycles. The van der Waals surface area contributed by atoms with E-state index in [1.165, 1.54) is 0 Å². The summed E-state index contributed by atoms with van der Waals surface area (Å²) in [4.78, 5) is 16.1. The van der Waals surface area contributed by atoms with Crippen LogP contribution < -0.4 is 4.81 Å². The van der Waals surface area contributed by atoms with E-state index in [0.717, 1.165) is 45.0 Å². The molecular weight excluding hydrogens is 594 g/mol. The van der Waals surface area contributed by atoms with E-state index >= 15 is 4.32 Å². The Bertz CT molecular complexity index is 1660. The molecule has 0 N–H and O–H groups in total. The quantitative estimate of drug-likeness (QED) is 0.227. The second-order valence-electron chi connectivity index (χ2n) is 16.7. The minimum atomic E-state index is -3.81. The summed E-state index contributed by atoms with van der Waals surface area (Å²) in [5, 5.41) is 0. The number of hydrogen-bond acceptors (Lipinski definition) is 3. The number of hydrogen-bond donors (Lipinski definition) is 0. The fraction of sp³-hybridized carbons (Fsp3) is 0.476. The van der Waals surface area contributed by atoms with Gasteiger partial charge in [0.25, 0.3) is 5.97 Å². The molecule has 6 heteroatoms. The van der Waals surface area contributed by atoms with Crippen molar-refractivity contribution in [3.05, 3.63) is 106 Å². The molecule has 0 saturated carbocycles. The van der Waals surface area contributed by atoms with Crippen LogP contribution in [0.4, 0.5) is 15.7 Å². The lowest BCUT2D eigenvalue weighted by molar-refractivity contribution is -0.341. The minimum absolute atomic E-state index is 0.0837. The highest BCUT2D eigenvalue weighted by atomic mass is 19.1. The first-order chi connectivity index (χ1) is 22.2. The summed E-state index contributed by atoms with van der Waals surface area (Å²) in [6, 6.07) is 21.3. The summed E-state index contributed by atoms with van der Waals surface area (Å²) < 4.78 is 28.3. The van der Waals surface area contributed by atoms with Crippen LogP contribution in [0.15, 0.2) is 78.5 Å². The Hall–Kier alpha value is -3.67. The number of anilines is 1. The predicted octanol–water partition coefficient (Wildman–Crippen LogP) is 12.0. The van der Waals surface area contributed by atoms with E-state index in [4.69, 9.17) is 4.65 Å². The fourth-order valence-electron chi connectivity index (χ4n) is 6.91. The van der Waals surface area contributed by atoms with Gasteiger partial charge in [-0.1, -0.05) is 152 Å². The zero-order chi connectivity index (χ0) is 35.9. The normalized spacial score (nSPS) is 17.6. The van der Waals surface area contributed by atoms with E-state index in [1.807, 2.05) is 6.07 Å². The lowest BCUT2D eigenvalue weighted by Crippen LogP contribution is -2.66. The van der Waals surface area contributed by atoms with Crippen LogP contribution in [0.3, 0.4) is 0 Å². The van der Waals surface area contributed by atoms with Crippen molar-refractivity contribution >= 4 is 30.0 Å². The SMILES string of the molecule is CC(C)c1cccc(C(C)C)c1N1C(C(C)(C)C)=CC(C(C)(C)C)=[N+](c2c(C(C)C)cccc2C(C)C)[B-]1(F)OC(=O)c1ccccc1. The zero-order valence-electron chi connectivity index (χ0n) is 31.9. The van der Waals surface area contributed by atoms with Crippen LogP contribution in [0, 0.1) is 10.8 Å². The van der Waals surface area contributed by atoms with Crippen LogP contribution in [0.1, 0.15) is 153 Å². The smallest absolute Gasteiger partial charge is 0.579 e. The van der Waals surface area contributed by atoms with Crippen LogP contribution in [0.5, 0.6) is 0 Å². The first kappa shape index (κ1) is 37.2. The van der Waals surface area contributed by atoms with Gasteiger partial charge in [-0.05, 0) is 52.3 Å². The number of carbonyl (C=O) groups is 1. The van der Waals surface area contributed by atoms with Gasteiger partial charge in [0.1, 0.15) is 5.71 Å². The monoisotopic (exact) mass is 652 g/mol. The van der Waals surface area contributed by atoms with Crippen molar-refractivity contribution in [2.75, 3.05) is 4.81 Å². The van der Waals surface area contributed by atoms with Crippen molar-refractivity contribution in [1.82, 2.24) is 0 Å². The largest absolute Gasteiger partial charge is 0.761 e. The van der Waals surface area contributed by atoms with Crippen LogP contribution in [0.25, 0.3) is 0 Å². The summed E-state index contributed by atoms with van der Waals surface area (Å²) in [6.45, 7) is 26.0. The van der Waals surface area contributed by atoms with E-state index in [2.05, 4.69) is 139 Å². The van der Waals surface area contributed by atoms with Crippen LogP contribution in [-0.4, -0.2) is 23.1 Å². The van der Waals surface area contributed by atoms with E-state index in [0.29, 0.717) is 5.56 Å². The van der Waals surface area contributed by atoms with Crippen LogP contribution >= 0.6 is 0 Å². The zero-order valence-corrected chi connectivity index (χ0v) is 31.9. The number of allylic oxidation sites excluding steroid dienone is 2. The topological polar surface area (TPSA) is 32.5 Å². The third kappa shape index (κ3) is 7.04. The molecule has 0 amide bonds. The lowest BCUT2D eigenvalue weighted by Gasteiger charge is -2.51. The maximum absolute atomic E-state index is 20.0. The van der Waals surface area contributed by atoms with E-state index in [-0.39, 0.29) is 23.7 Å². The number of benzene rings is 3. The van der Waals surface area contributed by atoms with Crippen LogP contribution in [-0.2, 0) is 4.65 Å². The highest BCUT2D eigenvalue weighted by Gasteiger charge is 2.62. The Labute approximate surface area is 290 Å². The molecule has 0 aromatic heterocycles. The molecular formula is C42H58BFN2O2. The van der Waals surface area contributed by atoms with Gasteiger partial charge in [0.15, 0.2) is 5.69 Å². The summed E-state index contributed by atoms with van der Waals surface area (Å²) in [6.07, 6.45) is 2.18. The van der Waals surface area contributed by atoms with Gasteiger partial charge >= 0.3 is 6.90 Å². The van der Waals surface area contributed by atoms with Gasteiger partial charge in [0, 0.05) is 34.0 Å². The summed E-state index contributed by atoms with van der Waals surface area (Å²) >= 11 is 0. The van der Waals surface area contributed by atoms with Gasteiger partial charge in [-0.25, -0.2) is 0 Å². The van der Waals surface area contributed by atoms with Gasteiger partial charge < -0.3 is 18.3 Å². The Morgan fingerprint density at radius 3 is 1.50 bits per heavy atom. The molecule has 3 aromatic rings. The standard InChI is InChI=1S/C42H58BFN2O2/c1-27(2)32-22-18-23-33(28(3)4)38(32)45-36(41(9,10)11)26-37(42(12,13)14)46(39-34(29(5)6)24-19-25-35(39)30(7)8)43(45,44)48-40(47)31-20-16-15-17-21-31/h15-30H,1-14H3. The molecule has 1 aliphatic rings. The Kier molecular flexibility index (Phi) is 10.6. The Balaban J connectivity index is 2.34. The second-order valence-corrected chi connectivity index (χ2v) is 16.7. The van der Waals surface area contributed by atoms with Crippen LogP contribution in [0.2, 0.25) is 0 Å². The number of rotatable bonds is 8. The number of carbonyl (C=O) groups excluding carboxylic acids is 1. The second kappa shape index (κ2) is 13.7. The molecule has 4 rings (SSSR count). The third-order valence-electron chi connectivity index (χ3n) is 9.40. The molecule has 0 radical (unpaired) electrons. The molecule has 1 aliphatic heterocycles. The van der Waals surface area contributed by atoms with E-state index < -0.39 is 23.7 Å². The van der Waals surface area contributed by atoms with Gasteiger partial charge in [-0.2, -0.15) is 0 Å². The Morgan fingerprint density at radius 1 is 0.667 bits per heavy atom. The maximum Gasteiger partial charge on any atom is 0.761 e. The van der Waals surface area contributed by atoms with E-state index in [1.54, 1.807) is 33.6 Å². The summed E-state index contributed by atoms with van der Waals surface area (Å²) in [7, 11) is 0. The van der Waals surface area contributed by atoms with Crippen molar-refractivity contribution in [1.29, 1.82) is 0 Å². The molecule has 0 fully saturated rings. The summed E-state index contributed by atoms with van der Waals surface area (Å²) in [5.41, 5.74) is 6.42. The van der Waals surface area contributed by atoms with Crippen molar-refractivity contribution < 1.29 is 18.3 Å². The molecule has 4 nitrogen and oxygen atoms in total. The molecule has 1 atom stereocenters. The average Bonchev–Trinajstić information content (AvgIpc) is 2.99. The minimum Gasteiger partial charge on any atom is -0.579 e. The lowest BCUT2D eigenvalue weighted by atomic mass is 9.70. The Morgan fingerprint density at radius 2 is 1.10 bits per heavy atom. The highest BCUT2D eigenvalue weighted by molar-refractivity contribution is 6.67. The van der Waals surface area contributed by atoms with Crippen molar-refractivity contribution in [3.63, 3.8) is 0 Å². The molecule has 0 aliphatic carbocycles. The van der Waals surface area contributed by atoms with Gasteiger partial charge in [-0.3, -0.25) is 4.79 Å². The number of halogens is 1. The molecule has 3 aromatic carbocycles. The average molecular weight is 653 g/mol. The molecule has 0 spiro atoms. The van der Waals surface area contributed by atoms with Crippen molar-refractivity contribution in [2.24, 2.45) is 10.8 Å². The van der Waals surface area contributed by atoms with Gasteiger partial charge in [0.2, 0.25) is 0 Å². The summed E-state index contributed by atoms with van der Waals surface area (Å²) in [5.74, 6) is -0.362. The van der Waals surface area contributed by atoms with Crippen molar-refractivity contribution in [2.45, 2.75) is 121 Å². The molecule has 0 saturated heterocycles. The highest BCUT2D eigenvalue weighted by Crippen LogP contribution is 2.50. The van der Waals surface area contributed by atoms with Gasteiger partial charge in [-0.15, -0.1) is 0 Å². The maximum atomic E-state index is 20.0. The van der Waals surface area contributed by atoms with Crippen molar-refractivity contribution in [3.8, 4) is 0 Å². The molecule has 48 heavy (non-hydrogen) atoms. The molecule has 0 bridgehead atoms. The first-order valence-electron chi connectivity index (χ1n) is 17.8. The third-order valence-corrected chi connectivity index (χ3v) is 9.40. The number of para-hydroxylation sites is 2. The number of nitrogens with zero attached hydrogens (tertiary/aromatic N) is 2. The van der Waals surface area contributed by atoms with Gasteiger partial charge in [0.05, 0.1) is 5.56 Å². The first-order valence-corrected chi connectivity index (χ1v) is 17.8. The predicted molar refractivity (Wildman–Crippen MR) is 202 cm³/mol.